The number of rotatable bonds is 18. The number of amides is 2. The number of nitrogens with one attached hydrogen (secondary N) is 5. The average Bonchev–Trinajstić information content (AvgIpc) is 1.43. The highest BCUT2D eigenvalue weighted by Gasteiger charge is 2.13. The van der Waals surface area contributed by atoms with Crippen molar-refractivity contribution in [3.63, 3.8) is 0 Å². The molecule has 0 aliphatic carbocycles. The largest absolute Gasteiger partial charge is 0.494 e. The van der Waals surface area contributed by atoms with Gasteiger partial charge in [-0.15, -0.1) is 30.6 Å². The van der Waals surface area contributed by atoms with Crippen molar-refractivity contribution in [1.29, 1.82) is 0 Å². The van der Waals surface area contributed by atoms with E-state index in [1.807, 2.05) is 187 Å². The lowest BCUT2D eigenvalue weighted by molar-refractivity contribution is 0.0322. The Bertz CT molecular complexity index is 4500. The summed E-state index contributed by atoms with van der Waals surface area (Å²) in [7, 11) is 1.61. The van der Waals surface area contributed by atoms with Crippen molar-refractivity contribution < 1.29 is 57.2 Å². The quantitative estimate of drug-likeness (QED) is 0.0182. The van der Waals surface area contributed by atoms with Gasteiger partial charge in [0.1, 0.15) is 35.5 Å². The Balaban J connectivity index is 0.000000197. The van der Waals surface area contributed by atoms with Gasteiger partial charge in [0.15, 0.2) is 6.79 Å². The summed E-state index contributed by atoms with van der Waals surface area (Å²) in [6.07, 6.45) is 1.48. The molecule has 7 N–H and O–H groups in total. The van der Waals surface area contributed by atoms with Crippen molar-refractivity contribution in [1.82, 2.24) is 82.6 Å². The van der Waals surface area contributed by atoms with Crippen LogP contribution < -0.4 is 25.2 Å². The Hall–Kier alpha value is -11.9. The van der Waals surface area contributed by atoms with E-state index in [-0.39, 0.29) is 5.56 Å². The van der Waals surface area contributed by atoms with Crippen molar-refractivity contribution in [3.8, 4) is 51.4 Å². The van der Waals surface area contributed by atoms with Crippen LogP contribution in [0.2, 0.25) is 0 Å². The first kappa shape index (κ1) is 89.0. The van der Waals surface area contributed by atoms with Crippen LogP contribution in [-0.4, -0.2) is 187 Å². The van der Waals surface area contributed by atoms with Gasteiger partial charge in [-0.1, -0.05) is 180 Å². The summed E-state index contributed by atoms with van der Waals surface area (Å²) in [6.45, 7) is 29.3. The molecular formula is C84H102F2N16O10. The zero-order valence-electron chi connectivity index (χ0n) is 65.1. The van der Waals surface area contributed by atoms with E-state index in [4.69, 9.17) is 38.8 Å². The maximum Gasteiger partial charge on any atom is 0.274 e. The zero-order chi connectivity index (χ0) is 80.5. The highest BCUT2D eigenvalue weighted by atomic mass is 19.1. The summed E-state index contributed by atoms with van der Waals surface area (Å²) in [6, 6.07) is 66.0. The number of para-hydroxylation sites is 1. The number of ether oxygens (including phenoxy) is 6. The Kier molecular flexibility index (Phi) is 40.9. The predicted octanol–water partition coefficient (Wildman–Crippen LogP) is 14.1. The van der Waals surface area contributed by atoms with Gasteiger partial charge < -0.3 is 28.4 Å². The first-order valence-electron chi connectivity index (χ1n) is 36.4. The molecule has 9 aromatic carbocycles. The third-order valence-electron chi connectivity index (χ3n) is 16.6. The Morgan fingerprint density at radius 2 is 0.920 bits per heavy atom. The van der Waals surface area contributed by atoms with E-state index in [1.165, 1.54) is 40.5 Å². The number of nitrogens with zero attached hydrogens (tertiary/aromatic N) is 11. The molecule has 0 bridgehead atoms. The molecule has 112 heavy (non-hydrogen) atoms. The van der Waals surface area contributed by atoms with Gasteiger partial charge in [-0.2, -0.15) is 15.6 Å². The third kappa shape index (κ3) is 33.9. The number of carbonyl (C=O) groups is 2. The summed E-state index contributed by atoms with van der Waals surface area (Å²) in [5.74, 6) is 2.87. The summed E-state index contributed by atoms with van der Waals surface area (Å²) in [5.41, 5.74) is 16.4. The Morgan fingerprint density at radius 1 is 0.464 bits per heavy atom. The second-order valence-corrected chi connectivity index (χ2v) is 25.3. The number of aromatic nitrogens is 12. The molecule has 14 rings (SSSR count). The van der Waals surface area contributed by atoms with Crippen LogP contribution in [0, 0.1) is 67.0 Å². The van der Waals surface area contributed by atoms with Gasteiger partial charge in [0.05, 0.1) is 33.0 Å². The maximum absolute atomic E-state index is 12.6. The third-order valence-corrected chi connectivity index (χ3v) is 16.6. The summed E-state index contributed by atoms with van der Waals surface area (Å²) < 4.78 is 57.2. The average molecular weight is 1530 g/mol. The molecule has 0 radical (unpaired) electrons. The van der Waals surface area contributed by atoms with Crippen LogP contribution in [0.1, 0.15) is 84.1 Å². The maximum atomic E-state index is 12.6. The predicted molar refractivity (Wildman–Crippen MR) is 426 cm³/mol. The number of carbonyl (C=O) groups excluding carboxylic acids is 2. The van der Waals surface area contributed by atoms with Crippen LogP contribution in [0.5, 0.6) is 17.2 Å². The number of morpholine rings is 2. The van der Waals surface area contributed by atoms with Gasteiger partial charge in [0, 0.05) is 79.8 Å². The standard InChI is InChI=1S/C14H21NO2.C13H19NO2.C9H12O2.C8H8F2.3C8H8N4.2C8H9NO2/c1-13-3-5-14(6-4-13)17-10-2-7-15-8-11-16-12-9-15;1-12-2-4-13(5-3-12)16-11-8-14-6-9-15-10-7-14;1-8-5-3-4-6-9(8)11-7-10-2;1-2-6-7(9)4-3-5-8(6)10;1-6-2-4-7(5-3-6)8-9-11-12-10-8;1-6-3-2-4-7(5-6)8-9-11-12-10-8;1-6-4-2-3-5-7(6)8-9-11-12-10-8;1-6-2-4-7(5-3-6)8(10)9-11;1-6-4-2-3-5-7(6)8(10)9-11/h3-6H,2,7-12H2,1H3;2-5H,6-11H2,1H3;3-6H,7H2,1-2H3;3-5H,2H2,1H3;3*2-5H,1H3,(H,9,10,11,12);2*2-5,11H,1H3,(H,9,10). The number of hydrogen-bond acceptors (Lipinski definition) is 21. The van der Waals surface area contributed by atoms with Crippen LogP contribution in [-0.2, 0) is 20.6 Å². The number of H-pyrrole nitrogens is 3. The fourth-order valence-corrected chi connectivity index (χ4v) is 10.2. The molecule has 2 saturated heterocycles. The van der Waals surface area contributed by atoms with Gasteiger partial charge >= 0.3 is 0 Å². The van der Waals surface area contributed by atoms with Crippen molar-refractivity contribution in [2.75, 3.05) is 92.8 Å². The number of hydroxylamine groups is 2. The highest BCUT2D eigenvalue weighted by Crippen LogP contribution is 2.20. The number of tetrazole rings is 3. The fraction of sp³-hybridized carbons (Fsp3) is 0.298. The second kappa shape index (κ2) is 51.5. The fourth-order valence-electron chi connectivity index (χ4n) is 10.2. The minimum absolute atomic E-state index is 0.169. The molecule has 5 heterocycles. The van der Waals surface area contributed by atoms with Gasteiger partial charge in [-0.05, 0) is 167 Å². The van der Waals surface area contributed by atoms with Crippen molar-refractivity contribution in [3.05, 3.63) is 285 Å². The lowest BCUT2D eigenvalue weighted by Crippen LogP contribution is -2.38. The number of aryl methyl sites for hydroxylation is 8. The van der Waals surface area contributed by atoms with E-state index >= 15 is 0 Å². The molecule has 592 valence electrons. The molecule has 2 fully saturated rings. The normalized spacial score (nSPS) is 11.9. The molecule has 0 unspecified atom stereocenters. The number of methoxy groups -OCH3 is 1. The van der Waals surface area contributed by atoms with Crippen LogP contribution >= 0.6 is 0 Å². The molecule has 0 spiro atoms. The molecule has 26 nitrogen and oxygen atoms in total. The number of aromatic amines is 3. The Labute approximate surface area is 653 Å². The molecule has 2 aliphatic rings. The van der Waals surface area contributed by atoms with E-state index < -0.39 is 23.4 Å². The van der Waals surface area contributed by atoms with E-state index in [0.29, 0.717) is 41.8 Å². The first-order valence-corrected chi connectivity index (χ1v) is 36.4. The van der Waals surface area contributed by atoms with Crippen LogP contribution in [0.3, 0.4) is 0 Å². The zero-order valence-corrected chi connectivity index (χ0v) is 65.1. The van der Waals surface area contributed by atoms with Crippen molar-refractivity contribution in [2.45, 2.75) is 75.2 Å². The van der Waals surface area contributed by atoms with E-state index in [1.54, 1.807) is 49.3 Å². The summed E-state index contributed by atoms with van der Waals surface area (Å²) in [5, 5.41) is 57.6. The molecule has 3 aromatic heterocycles. The second-order valence-electron chi connectivity index (χ2n) is 25.3. The lowest BCUT2D eigenvalue weighted by Gasteiger charge is -2.26. The minimum atomic E-state index is -0.481. The lowest BCUT2D eigenvalue weighted by atomic mass is 10.1. The molecule has 0 atom stereocenters. The molecule has 12 aromatic rings. The van der Waals surface area contributed by atoms with Gasteiger partial charge in [-0.25, -0.2) is 19.7 Å². The summed E-state index contributed by atoms with van der Waals surface area (Å²) in [4.78, 5) is 26.4. The monoisotopic (exact) mass is 1530 g/mol. The van der Waals surface area contributed by atoms with Crippen LogP contribution in [0.15, 0.2) is 212 Å². The number of halogens is 2. The van der Waals surface area contributed by atoms with Crippen LogP contribution in [0.25, 0.3) is 34.2 Å². The van der Waals surface area contributed by atoms with Gasteiger partial charge in [0.25, 0.3) is 11.8 Å². The SMILES string of the molecule is CCc1c(F)cccc1F.COCOc1ccccc1C.Cc1ccc(-c2nn[nH]n2)cc1.Cc1ccc(C(=O)NO)cc1.Cc1ccc(OCCCN2CCOCC2)cc1.Cc1ccc(OCCN2CCOCC2)cc1.Cc1cccc(-c2nn[nH]n2)c1.Cc1ccccc1-c1nn[nH]n1.Cc1ccccc1C(=O)NO. The smallest absolute Gasteiger partial charge is 0.274 e. The van der Waals surface area contributed by atoms with Gasteiger partial charge in [-0.3, -0.25) is 29.8 Å². The number of hydrogen-bond donors (Lipinski definition) is 7. The molecule has 28 heteroatoms. The Morgan fingerprint density at radius 3 is 1.39 bits per heavy atom. The van der Waals surface area contributed by atoms with E-state index in [0.717, 1.165) is 142 Å². The van der Waals surface area contributed by atoms with Crippen molar-refractivity contribution in [2.24, 2.45) is 0 Å². The van der Waals surface area contributed by atoms with E-state index in [9.17, 15) is 18.4 Å². The topological polar surface area (TPSA) is 324 Å². The van der Waals surface area contributed by atoms with Crippen LogP contribution in [0.4, 0.5) is 8.78 Å². The first-order chi connectivity index (χ1) is 54.4. The molecule has 0 saturated carbocycles. The highest BCUT2D eigenvalue weighted by molar-refractivity contribution is 5.94. The minimum Gasteiger partial charge on any atom is -0.494 e. The molecular weight excluding hydrogens is 1430 g/mol. The summed E-state index contributed by atoms with van der Waals surface area (Å²) >= 11 is 0. The molecule has 2 aliphatic heterocycles. The van der Waals surface area contributed by atoms with Crippen molar-refractivity contribution >= 4 is 11.8 Å². The van der Waals surface area contributed by atoms with Gasteiger partial charge in [0.2, 0.25) is 17.5 Å². The van der Waals surface area contributed by atoms with E-state index in [2.05, 4.69) is 110 Å². The molecule has 2 amide bonds. The number of benzene rings is 9.